The average molecular weight is 357 g/mol. The Bertz CT molecular complexity index is 590. The fourth-order valence-corrected chi connectivity index (χ4v) is 3.60. The van der Waals surface area contributed by atoms with E-state index in [1.165, 1.54) is 0 Å². The number of hydrogen-bond donors (Lipinski definition) is 1. The largest absolute Gasteiger partial charge is 0.372 e. The number of nitrogens with zero attached hydrogens (tertiary/aromatic N) is 2. The minimum atomic E-state index is -0.761. The zero-order valence-corrected chi connectivity index (χ0v) is 16.0. The Hall–Kier alpha value is -0.610. The van der Waals surface area contributed by atoms with E-state index in [-0.39, 0.29) is 6.04 Å². The predicted octanol–water partition coefficient (Wildman–Crippen LogP) is 4.81. The SMILES string of the molecule is CCC(C)C(C)N1C(O)C(C2=CC(Cl)=CCC(Cl)=C2)=NC1(C)C. The maximum Gasteiger partial charge on any atom is 0.152 e. The summed E-state index contributed by atoms with van der Waals surface area (Å²) in [6.07, 6.45) is 6.43. The maximum absolute atomic E-state index is 10.9. The number of allylic oxidation sites excluding steroid dienone is 5. The minimum absolute atomic E-state index is 0.211. The highest BCUT2D eigenvalue weighted by Gasteiger charge is 2.45. The third-order valence-corrected chi connectivity index (χ3v) is 5.36. The van der Waals surface area contributed by atoms with Gasteiger partial charge in [-0.15, -0.1) is 0 Å². The fraction of sp³-hybridized carbons (Fsp3) is 0.611. The third kappa shape index (κ3) is 3.90. The molecule has 1 aliphatic carbocycles. The number of aliphatic hydroxyl groups is 1. The van der Waals surface area contributed by atoms with Gasteiger partial charge in [-0.25, -0.2) is 4.90 Å². The van der Waals surface area contributed by atoms with Crippen molar-refractivity contribution in [1.82, 2.24) is 4.90 Å². The van der Waals surface area contributed by atoms with Crippen LogP contribution in [0.3, 0.4) is 0 Å². The molecule has 1 heterocycles. The molecule has 0 fully saturated rings. The van der Waals surface area contributed by atoms with Gasteiger partial charge in [0.1, 0.15) is 5.66 Å². The topological polar surface area (TPSA) is 35.8 Å². The van der Waals surface area contributed by atoms with Crippen LogP contribution in [0.25, 0.3) is 0 Å². The smallest absolute Gasteiger partial charge is 0.152 e. The van der Waals surface area contributed by atoms with Crippen molar-refractivity contribution in [3.05, 3.63) is 33.9 Å². The zero-order valence-electron chi connectivity index (χ0n) is 14.5. The van der Waals surface area contributed by atoms with E-state index in [1.54, 1.807) is 0 Å². The lowest BCUT2D eigenvalue weighted by atomic mass is 9.96. The highest BCUT2D eigenvalue weighted by molar-refractivity contribution is 6.33. The number of rotatable bonds is 4. The second kappa shape index (κ2) is 7.10. The summed E-state index contributed by atoms with van der Waals surface area (Å²) in [5.74, 6) is 0.462. The summed E-state index contributed by atoms with van der Waals surface area (Å²) in [6.45, 7) is 10.6. The van der Waals surface area contributed by atoms with E-state index in [1.807, 2.05) is 32.1 Å². The molecule has 3 atom stereocenters. The summed E-state index contributed by atoms with van der Waals surface area (Å²) < 4.78 is 0. The highest BCUT2D eigenvalue weighted by atomic mass is 35.5. The van der Waals surface area contributed by atoms with Gasteiger partial charge in [-0.05, 0) is 38.8 Å². The average Bonchev–Trinajstić information content (AvgIpc) is 2.60. The summed E-state index contributed by atoms with van der Waals surface area (Å²) >= 11 is 12.4. The van der Waals surface area contributed by atoms with E-state index in [2.05, 4.69) is 25.7 Å². The predicted molar refractivity (Wildman–Crippen MR) is 98.8 cm³/mol. The molecule has 0 aromatic rings. The molecule has 0 saturated heterocycles. The molecule has 0 aromatic heterocycles. The van der Waals surface area contributed by atoms with Crippen LogP contribution < -0.4 is 0 Å². The lowest BCUT2D eigenvalue weighted by Gasteiger charge is -2.39. The van der Waals surface area contributed by atoms with Gasteiger partial charge in [0.2, 0.25) is 0 Å². The molecule has 2 aliphatic rings. The van der Waals surface area contributed by atoms with Crippen molar-refractivity contribution in [3.8, 4) is 0 Å². The van der Waals surface area contributed by atoms with E-state index >= 15 is 0 Å². The van der Waals surface area contributed by atoms with Crippen LogP contribution in [0.5, 0.6) is 0 Å². The van der Waals surface area contributed by atoms with Crippen LogP contribution in [0.2, 0.25) is 0 Å². The molecule has 0 spiro atoms. The van der Waals surface area contributed by atoms with Crippen molar-refractivity contribution in [2.45, 2.75) is 65.4 Å². The molecule has 0 saturated carbocycles. The Labute approximate surface area is 149 Å². The Morgan fingerprint density at radius 1 is 1.35 bits per heavy atom. The van der Waals surface area contributed by atoms with Gasteiger partial charge >= 0.3 is 0 Å². The second-order valence-corrected chi connectivity index (χ2v) is 7.80. The quantitative estimate of drug-likeness (QED) is 0.784. The molecule has 1 aliphatic heterocycles. The van der Waals surface area contributed by atoms with Crippen LogP contribution in [0.4, 0.5) is 0 Å². The van der Waals surface area contributed by atoms with Crippen LogP contribution in [0, 0.1) is 5.92 Å². The standard InChI is InChI=1S/C18H26Cl2N2O/c1-6-11(2)12(3)22-17(23)16(21-18(22,4)5)13-9-14(19)7-8-15(20)10-13/h7,9-12,17,23H,6,8H2,1-5H3. The summed E-state index contributed by atoms with van der Waals surface area (Å²) in [5, 5.41) is 12.2. The molecule has 0 bridgehead atoms. The van der Waals surface area contributed by atoms with Gasteiger partial charge in [0.15, 0.2) is 6.23 Å². The summed E-state index contributed by atoms with van der Waals surface area (Å²) in [5.41, 5.74) is 0.950. The molecule has 0 amide bonds. The zero-order chi connectivity index (χ0) is 17.4. The van der Waals surface area contributed by atoms with Crippen molar-refractivity contribution in [1.29, 1.82) is 0 Å². The summed E-state index contributed by atoms with van der Waals surface area (Å²) in [6, 6.07) is 0.211. The van der Waals surface area contributed by atoms with Crippen LogP contribution in [0.1, 0.15) is 47.5 Å². The van der Waals surface area contributed by atoms with E-state index in [4.69, 9.17) is 28.2 Å². The lowest BCUT2D eigenvalue weighted by molar-refractivity contribution is -0.0363. The Morgan fingerprint density at radius 2 is 2.00 bits per heavy atom. The first-order chi connectivity index (χ1) is 10.7. The maximum atomic E-state index is 10.9. The van der Waals surface area contributed by atoms with Crippen LogP contribution in [-0.2, 0) is 0 Å². The molecule has 0 radical (unpaired) electrons. The molecule has 23 heavy (non-hydrogen) atoms. The monoisotopic (exact) mass is 356 g/mol. The lowest BCUT2D eigenvalue weighted by Crippen LogP contribution is -2.52. The van der Waals surface area contributed by atoms with E-state index in [9.17, 15) is 5.11 Å². The molecule has 1 N–H and O–H groups in total. The summed E-state index contributed by atoms with van der Waals surface area (Å²) in [4.78, 5) is 6.86. The first-order valence-corrected chi connectivity index (χ1v) is 8.93. The molecule has 3 nitrogen and oxygen atoms in total. The first kappa shape index (κ1) is 18.7. The Balaban J connectivity index is 2.39. The van der Waals surface area contributed by atoms with Crippen LogP contribution in [0.15, 0.2) is 38.9 Å². The number of aliphatic imine (C=N–C) groups is 1. The van der Waals surface area contributed by atoms with Crippen molar-refractivity contribution >= 4 is 28.9 Å². The fourth-order valence-electron chi connectivity index (χ4n) is 3.21. The van der Waals surface area contributed by atoms with Gasteiger partial charge in [-0.2, -0.15) is 0 Å². The Kier molecular flexibility index (Phi) is 5.78. The van der Waals surface area contributed by atoms with Crippen molar-refractivity contribution < 1.29 is 5.11 Å². The minimum Gasteiger partial charge on any atom is -0.372 e. The molecule has 2 rings (SSSR count). The van der Waals surface area contributed by atoms with Crippen molar-refractivity contribution in [2.75, 3.05) is 0 Å². The number of halogens is 2. The molecule has 3 unspecified atom stereocenters. The highest BCUT2D eigenvalue weighted by Crippen LogP contribution is 2.35. The molecule has 0 aromatic carbocycles. The van der Waals surface area contributed by atoms with Gasteiger partial charge in [0, 0.05) is 28.1 Å². The molecular weight excluding hydrogens is 331 g/mol. The van der Waals surface area contributed by atoms with Gasteiger partial charge in [0.25, 0.3) is 0 Å². The van der Waals surface area contributed by atoms with E-state index < -0.39 is 11.9 Å². The van der Waals surface area contributed by atoms with Crippen LogP contribution >= 0.6 is 23.2 Å². The number of aliphatic hydroxyl groups excluding tert-OH is 1. The molecule has 5 heteroatoms. The van der Waals surface area contributed by atoms with Gasteiger partial charge in [0.05, 0.1) is 5.71 Å². The van der Waals surface area contributed by atoms with Crippen molar-refractivity contribution in [2.24, 2.45) is 10.9 Å². The van der Waals surface area contributed by atoms with E-state index in [0.29, 0.717) is 28.1 Å². The van der Waals surface area contributed by atoms with Crippen molar-refractivity contribution in [3.63, 3.8) is 0 Å². The second-order valence-electron chi connectivity index (χ2n) is 6.88. The third-order valence-electron chi connectivity index (χ3n) is 4.83. The normalized spacial score (nSPS) is 27.6. The van der Waals surface area contributed by atoms with Gasteiger partial charge in [-0.3, -0.25) is 4.99 Å². The first-order valence-electron chi connectivity index (χ1n) is 8.17. The summed E-state index contributed by atoms with van der Waals surface area (Å²) in [7, 11) is 0. The van der Waals surface area contributed by atoms with Gasteiger partial charge in [-0.1, -0.05) is 49.5 Å². The Morgan fingerprint density at radius 3 is 2.61 bits per heavy atom. The van der Waals surface area contributed by atoms with Crippen LogP contribution in [-0.4, -0.2) is 33.7 Å². The van der Waals surface area contributed by atoms with Gasteiger partial charge < -0.3 is 5.11 Å². The molecule has 128 valence electrons. The van der Waals surface area contributed by atoms with E-state index in [0.717, 1.165) is 12.0 Å². The molecular formula is C18H26Cl2N2O. The number of hydrogen-bond acceptors (Lipinski definition) is 3.